The van der Waals surface area contributed by atoms with E-state index in [9.17, 15) is 19.3 Å². The van der Waals surface area contributed by atoms with Crippen molar-refractivity contribution in [3.05, 3.63) is 58.4 Å². The highest BCUT2D eigenvalue weighted by Gasteiger charge is 2.20. The van der Waals surface area contributed by atoms with Gasteiger partial charge in [0.15, 0.2) is 17.6 Å². The number of nitrogens with one attached hydrogen (secondary N) is 1. The van der Waals surface area contributed by atoms with E-state index in [0.29, 0.717) is 0 Å². The topological polar surface area (TPSA) is 90.7 Å². The summed E-state index contributed by atoms with van der Waals surface area (Å²) in [5.74, 6) is -0.895. The van der Waals surface area contributed by atoms with Gasteiger partial charge in [-0.3, -0.25) is 14.9 Å². The minimum Gasteiger partial charge on any atom is -0.493 e. The first-order valence-electron chi connectivity index (χ1n) is 6.97. The molecule has 1 N–H and O–H groups in total. The number of halogens is 1. The molecule has 0 aliphatic carbocycles. The van der Waals surface area contributed by atoms with Gasteiger partial charge in [-0.25, -0.2) is 4.39 Å². The van der Waals surface area contributed by atoms with E-state index in [2.05, 4.69) is 5.32 Å². The highest BCUT2D eigenvalue weighted by molar-refractivity contribution is 5.94. The van der Waals surface area contributed by atoms with Gasteiger partial charge < -0.3 is 14.8 Å². The molecule has 126 valence electrons. The lowest BCUT2D eigenvalue weighted by Crippen LogP contribution is -2.30. The number of ether oxygens (including phenoxy) is 2. The Morgan fingerprint density at radius 3 is 2.58 bits per heavy atom. The van der Waals surface area contributed by atoms with Crippen molar-refractivity contribution in [2.75, 3.05) is 12.4 Å². The Bertz CT molecular complexity index is 766. The van der Waals surface area contributed by atoms with Crippen molar-refractivity contribution in [1.82, 2.24) is 0 Å². The summed E-state index contributed by atoms with van der Waals surface area (Å²) >= 11 is 0. The molecule has 1 amide bonds. The van der Waals surface area contributed by atoms with Crippen LogP contribution in [0.25, 0.3) is 0 Å². The fraction of sp³-hybridized carbons (Fsp3) is 0.188. The molecule has 2 aromatic carbocycles. The third kappa shape index (κ3) is 3.97. The van der Waals surface area contributed by atoms with Crippen LogP contribution in [0.4, 0.5) is 15.8 Å². The normalized spacial score (nSPS) is 11.5. The Morgan fingerprint density at radius 2 is 1.96 bits per heavy atom. The Hall–Kier alpha value is -3.16. The van der Waals surface area contributed by atoms with Crippen molar-refractivity contribution < 1.29 is 23.6 Å². The van der Waals surface area contributed by atoms with Crippen LogP contribution < -0.4 is 14.8 Å². The van der Waals surface area contributed by atoms with Crippen molar-refractivity contribution in [3.63, 3.8) is 0 Å². The zero-order valence-electron chi connectivity index (χ0n) is 13.0. The van der Waals surface area contributed by atoms with Crippen LogP contribution in [0.5, 0.6) is 11.5 Å². The van der Waals surface area contributed by atoms with Gasteiger partial charge in [-0.05, 0) is 25.1 Å². The van der Waals surface area contributed by atoms with E-state index in [1.165, 1.54) is 44.4 Å². The Morgan fingerprint density at radius 1 is 1.25 bits per heavy atom. The number of non-ortho nitro benzene ring substituents is 1. The van der Waals surface area contributed by atoms with Gasteiger partial charge in [0, 0.05) is 6.07 Å². The number of carbonyl (C=O) groups is 1. The van der Waals surface area contributed by atoms with Gasteiger partial charge in [0.25, 0.3) is 11.6 Å². The third-order valence-corrected chi connectivity index (χ3v) is 3.16. The predicted molar refractivity (Wildman–Crippen MR) is 84.8 cm³/mol. The smallest absolute Gasteiger partial charge is 0.273 e. The van der Waals surface area contributed by atoms with E-state index in [0.717, 1.165) is 6.07 Å². The van der Waals surface area contributed by atoms with Gasteiger partial charge in [0.2, 0.25) is 0 Å². The lowest BCUT2D eigenvalue weighted by atomic mass is 10.2. The first-order valence-corrected chi connectivity index (χ1v) is 6.97. The number of rotatable bonds is 6. The van der Waals surface area contributed by atoms with Crippen LogP contribution in [0.2, 0.25) is 0 Å². The zero-order chi connectivity index (χ0) is 17.7. The number of nitro groups is 1. The molecule has 0 saturated heterocycles. The van der Waals surface area contributed by atoms with Crippen LogP contribution >= 0.6 is 0 Å². The SMILES string of the molecule is COc1ccc([N+](=O)[O-])cc1OC(C)C(=O)Nc1ccccc1F. The number of para-hydroxylation sites is 1. The molecule has 0 aromatic heterocycles. The molecule has 8 heteroatoms. The van der Waals surface area contributed by atoms with Crippen molar-refractivity contribution in [3.8, 4) is 11.5 Å². The lowest BCUT2D eigenvalue weighted by Gasteiger charge is -2.16. The molecule has 0 aliphatic rings. The maximum Gasteiger partial charge on any atom is 0.273 e. The van der Waals surface area contributed by atoms with Gasteiger partial charge in [-0.15, -0.1) is 0 Å². The first-order chi connectivity index (χ1) is 11.4. The molecule has 1 unspecified atom stereocenters. The second kappa shape index (κ2) is 7.40. The summed E-state index contributed by atoms with van der Waals surface area (Å²) < 4.78 is 24.0. The number of amides is 1. The molecule has 0 radical (unpaired) electrons. The molecule has 0 saturated carbocycles. The molecule has 1 atom stereocenters. The second-order valence-corrected chi connectivity index (χ2v) is 4.82. The Kier molecular flexibility index (Phi) is 5.31. The number of benzene rings is 2. The summed E-state index contributed by atoms with van der Waals surface area (Å²) in [6.45, 7) is 1.44. The van der Waals surface area contributed by atoms with E-state index in [-0.39, 0.29) is 22.9 Å². The number of carbonyl (C=O) groups excluding carboxylic acids is 1. The van der Waals surface area contributed by atoms with Gasteiger partial charge in [0.05, 0.1) is 23.8 Å². The van der Waals surface area contributed by atoms with Crippen LogP contribution in [-0.4, -0.2) is 24.0 Å². The number of nitrogens with zero attached hydrogens (tertiary/aromatic N) is 1. The summed E-state index contributed by atoms with van der Waals surface area (Å²) in [6.07, 6.45) is -1.03. The highest BCUT2D eigenvalue weighted by atomic mass is 19.1. The van der Waals surface area contributed by atoms with Gasteiger partial charge >= 0.3 is 0 Å². The van der Waals surface area contributed by atoms with Crippen molar-refractivity contribution >= 4 is 17.3 Å². The molecule has 0 heterocycles. The number of methoxy groups -OCH3 is 1. The van der Waals surface area contributed by atoms with Gasteiger partial charge in [-0.2, -0.15) is 0 Å². The summed E-state index contributed by atoms with van der Waals surface area (Å²) in [6, 6.07) is 9.49. The average Bonchev–Trinajstić information content (AvgIpc) is 2.56. The maximum absolute atomic E-state index is 13.6. The Balaban J connectivity index is 2.15. The van der Waals surface area contributed by atoms with Gasteiger partial charge in [0.1, 0.15) is 5.82 Å². The van der Waals surface area contributed by atoms with Crippen molar-refractivity contribution in [2.24, 2.45) is 0 Å². The number of hydrogen-bond donors (Lipinski definition) is 1. The minimum atomic E-state index is -1.03. The maximum atomic E-state index is 13.6. The quantitative estimate of drug-likeness (QED) is 0.647. The number of nitro benzene ring substituents is 1. The molecule has 2 rings (SSSR count). The van der Waals surface area contributed by atoms with Gasteiger partial charge in [-0.1, -0.05) is 12.1 Å². The summed E-state index contributed by atoms with van der Waals surface area (Å²) in [4.78, 5) is 22.4. The van der Waals surface area contributed by atoms with Crippen LogP contribution in [0.1, 0.15) is 6.92 Å². The fourth-order valence-corrected chi connectivity index (χ4v) is 1.91. The van der Waals surface area contributed by atoms with E-state index >= 15 is 0 Å². The minimum absolute atomic E-state index is 0.0176. The summed E-state index contributed by atoms with van der Waals surface area (Å²) in [5, 5.41) is 13.2. The van der Waals surface area contributed by atoms with E-state index in [1.807, 2.05) is 0 Å². The fourth-order valence-electron chi connectivity index (χ4n) is 1.91. The third-order valence-electron chi connectivity index (χ3n) is 3.16. The van der Waals surface area contributed by atoms with E-state index in [1.54, 1.807) is 6.07 Å². The predicted octanol–water partition coefficient (Wildman–Crippen LogP) is 3.15. The molecular weight excluding hydrogens is 319 g/mol. The molecule has 0 fully saturated rings. The van der Waals surface area contributed by atoms with Crippen LogP contribution in [-0.2, 0) is 4.79 Å². The van der Waals surface area contributed by atoms with Crippen LogP contribution in [0.15, 0.2) is 42.5 Å². The van der Waals surface area contributed by atoms with Crippen LogP contribution in [0, 0.1) is 15.9 Å². The Labute approximate surface area is 137 Å². The molecule has 24 heavy (non-hydrogen) atoms. The largest absolute Gasteiger partial charge is 0.493 e. The van der Waals surface area contributed by atoms with Crippen LogP contribution in [0.3, 0.4) is 0 Å². The molecule has 2 aromatic rings. The average molecular weight is 334 g/mol. The summed E-state index contributed by atoms with van der Waals surface area (Å²) in [7, 11) is 1.37. The number of anilines is 1. The standard InChI is InChI=1S/C16H15FN2O5/c1-10(16(20)18-13-6-4-3-5-12(13)17)24-15-9-11(19(21)22)7-8-14(15)23-2/h3-10H,1-2H3,(H,18,20). The van der Waals surface area contributed by atoms with Crippen molar-refractivity contribution in [1.29, 1.82) is 0 Å². The zero-order valence-corrected chi connectivity index (χ0v) is 13.0. The van der Waals surface area contributed by atoms with E-state index < -0.39 is 22.8 Å². The second-order valence-electron chi connectivity index (χ2n) is 4.82. The molecule has 0 spiro atoms. The highest BCUT2D eigenvalue weighted by Crippen LogP contribution is 2.32. The molecule has 7 nitrogen and oxygen atoms in total. The molecule has 0 bridgehead atoms. The van der Waals surface area contributed by atoms with Crippen molar-refractivity contribution in [2.45, 2.75) is 13.0 Å². The summed E-state index contributed by atoms with van der Waals surface area (Å²) in [5.41, 5.74) is -0.184. The molecule has 0 aliphatic heterocycles. The molecular formula is C16H15FN2O5. The monoisotopic (exact) mass is 334 g/mol. The lowest BCUT2D eigenvalue weighted by molar-refractivity contribution is -0.385. The van der Waals surface area contributed by atoms with E-state index in [4.69, 9.17) is 9.47 Å². The number of hydrogen-bond acceptors (Lipinski definition) is 5. The first kappa shape index (κ1) is 17.2.